The van der Waals surface area contributed by atoms with Crippen LogP contribution in [0.2, 0.25) is 0 Å². The van der Waals surface area contributed by atoms with Crippen molar-refractivity contribution in [2.45, 2.75) is 12.6 Å². The highest BCUT2D eigenvalue weighted by molar-refractivity contribution is 5.72. The van der Waals surface area contributed by atoms with Crippen molar-refractivity contribution in [1.29, 1.82) is 5.26 Å². The summed E-state index contributed by atoms with van der Waals surface area (Å²) in [5.74, 6) is 0. The van der Waals surface area contributed by atoms with E-state index in [1.807, 2.05) is 102 Å². The topological polar surface area (TPSA) is 79.4 Å². The van der Waals surface area contributed by atoms with E-state index < -0.39 is 12.1 Å². The predicted molar refractivity (Wildman–Crippen MR) is 133 cm³/mol. The smallest absolute Gasteiger partial charge is 0.408 e. The molecule has 2 aromatic heterocycles. The number of amides is 1. The third kappa shape index (κ3) is 4.75. The number of hydrogen-bond donors (Lipinski definition) is 1. The van der Waals surface area contributed by atoms with Crippen molar-refractivity contribution in [2.24, 2.45) is 0 Å². The molecular formula is C29H22N4O2. The van der Waals surface area contributed by atoms with E-state index in [2.05, 4.69) is 11.4 Å². The highest BCUT2D eigenvalue weighted by atomic mass is 16.5. The first-order chi connectivity index (χ1) is 17.2. The molecule has 0 fully saturated rings. The van der Waals surface area contributed by atoms with Gasteiger partial charge in [0.1, 0.15) is 18.3 Å². The van der Waals surface area contributed by atoms with Gasteiger partial charge < -0.3 is 14.5 Å². The largest absolute Gasteiger partial charge is 0.445 e. The van der Waals surface area contributed by atoms with Gasteiger partial charge in [-0.3, -0.25) is 0 Å². The van der Waals surface area contributed by atoms with Crippen molar-refractivity contribution in [2.75, 3.05) is 0 Å². The van der Waals surface area contributed by atoms with Gasteiger partial charge in [0.05, 0.1) is 23.0 Å². The van der Waals surface area contributed by atoms with Crippen LogP contribution in [0.5, 0.6) is 0 Å². The van der Waals surface area contributed by atoms with Crippen LogP contribution >= 0.6 is 0 Å². The number of aromatic nitrogens is 2. The monoisotopic (exact) mass is 458 g/mol. The molecule has 0 aliphatic rings. The molecule has 1 N–H and O–H groups in total. The van der Waals surface area contributed by atoms with Gasteiger partial charge in [-0.1, -0.05) is 78.9 Å². The number of nitrogens with one attached hydrogen (secondary N) is 1. The Hall–Kier alpha value is -4.89. The lowest BCUT2D eigenvalue weighted by Crippen LogP contribution is -2.31. The molecule has 0 saturated heterocycles. The van der Waals surface area contributed by atoms with E-state index in [0.717, 1.165) is 33.7 Å². The van der Waals surface area contributed by atoms with Crippen LogP contribution in [-0.2, 0) is 11.3 Å². The second-order valence-electron chi connectivity index (χ2n) is 8.01. The number of imidazole rings is 1. The maximum Gasteiger partial charge on any atom is 0.408 e. The summed E-state index contributed by atoms with van der Waals surface area (Å²) in [7, 11) is 0. The highest BCUT2D eigenvalue weighted by Gasteiger charge is 2.26. The zero-order valence-electron chi connectivity index (χ0n) is 18.8. The summed E-state index contributed by atoms with van der Waals surface area (Å²) >= 11 is 0. The Bertz CT molecular complexity index is 1490. The van der Waals surface area contributed by atoms with Gasteiger partial charge in [-0.2, -0.15) is 5.26 Å². The Morgan fingerprint density at radius 1 is 0.914 bits per heavy atom. The lowest BCUT2D eigenvalue weighted by atomic mass is 9.98. The Kier molecular flexibility index (Phi) is 6.23. The number of fused-ring (bicyclic) bond motifs is 1. The lowest BCUT2D eigenvalue weighted by molar-refractivity contribution is 0.137. The molecule has 1 unspecified atom stereocenters. The van der Waals surface area contributed by atoms with E-state index in [4.69, 9.17) is 9.72 Å². The van der Waals surface area contributed by atoms with Crippen LogP contribution in [0.4, 0.5) is 4.79 Å². The molecule has 0 radical (unpaired) electrons. The van der Waals surface area contributed by atoms with E-state index in [9.17, 15) is 10.1 Å². The fourth-order valence-electron chi connectivity index (χ4n) is 4.04. The standard InChI is InChI=1S/C29H22N4O2/c30-19-21-14-16-24(17-15-21)27(32-29(34)35-20-22-9-3-1-4-10-22)28-26(23-11-5-2-6-12-23)31-25-13-7-8-18-33(25)28/h1-18,27H,20H2,(H,32,34). The number of pyridine rings is 1. The van der Waals surface area contributed by atoms with Crippen LogP contribution in [0.3, 0.4) is 0 Å². The van der Waals surface area contributed by atoms with Crippen molar-refractivity contribution in [3.63, 3.8) is 0 Å². The van der Waals surface area contributed by atoms with Gasteiger partial charge in [-0.05, 0) is 35.4 Å². The molecule has 6 heteroatoms. The summed E-state index contributed by atoms with van der Waals surface area (Å²) in [6.45, 7) is 0.158. The van der Waals surface area contributed by atoms with E-state index >= 15 is 0 Å². The third-order valence-corrected chi connectivity index (χ3v) is 5.74. The normalized spacial score (nSPS) is 11.5. The van der Waals surface area contributed by atoms with Crippen LogP contribution in [0, 0.1) is 11.3 Å². The number of alkyl carbamates (subject to hydrolysis) is 1. The summed E-state index contributed by atoms with van der Waals surface area (Å²) in [5.41, 5.74) is 5.51. The molecule has 5 rings (SSSR count). The average molecular weight is 459 g/mol. The predicted octanol–water partition coefficient (Wildman–Crippen LogP) is 5.89. The second kappa shape index (κ2) is 9.94. The minimum atomic E-state index is -0.571. The quantitative estimate of drug-likeness (QED) is 0.344. The molecule has 35 heavy (non-hydrogen) atoms. The first-order valence-corrected chi connectivity index (χ1v) is 11.2. The minimum Gasteiger partial charge on any atom is -0.445 e. The summed E-state index contributed by atoms with van der Waals surface area (Å²) in [6, 6.07) is 33.9. The molecule has 0 bridgehead atoms. The number of benzene rings is 3. The number of nitriles is 1. The molecule has 6 nitrogen and oxygen atoms in total. The molecule has 5 aromatic rings. The van der Waals surface area contributed by atoms with Crippen molar-refractivity contribution in [3.05, 3.63) is 132 Å². The Balaban J connectivity index is 1.58. The lowest BCUT2D eigenvalue weighted by Gasteiger charge is -2.21. The molecule has 3 aromatic carbocycles. The van der Waals surface area contributed by atoms with Crippen LogP contribution in [0.25, 0.3) is 16.9 Å². The van der Waals surface area contributed by atoms with Crippen molar-refractivity contribution in [1.82, 2.24) is 14.7 Å². The Morgan fingerprint density at radius 2 is 1.60 bits per heavy atom. The number of rotatable bonds is 6. The molecule has 2 heterocycles. The third-order valence-electron chi connectivity index (χ3n) is 5.74. The van der Waals surface area contributed by atoms with Gasteiger partial charge in [-0.15, -0.1) is 0 Å². The van der Waals surface area contributed by atoms with Gasteiger partial charge in [0.25, 0.3) is 0 Å². The van der Waals surface area contributed by atoms with Crippen LogP contribution in [0.1, 0.15) is 28.4 Å². The van der Waals surface area contributed by atoms with Gasteiger partial charge in [0, 0.05) is 11.8 Å². The number of carbonyl (C=O) groups is 1. The minimum absolute atomic E-state index is 0.158. The van der Waals surface area contributed by atoms with Crippen molar-refractivity contribution in [3.8, 4) is 17.3 Å². The van der Waals surface area contributed by atoms with Gasteiger partial charge in [-0.25, -0.2) is 9.78 Å². The first-order valence-electron chi connectivity index (χ1n) is 11.2. The number of nitrogens with zero attached hydrogens (tertiary/aromatic N) is 3. The van der Waals surface area contributed by atoms with Crippen LogP contribution in [-0.4, -0.2) is 15.5 Å². The van der Waals surface area contributed by atoms with Gasteiger partial charge >= 0.3 is 6.09 Å². The molecule has 0 aliphatic carbocycles. The Morgan fingerprint density at radius 3 is 2.31 bits per heavy atom. The summed E-state index contributed by atoms with van der Waals surface area (Å²) in [5, 5.41) is 12.3. The number of ether oxygens (including phenoxy) is 1. The first kappa shape index (κ1) is 21.9. The van der Waals surface area contributed by atoms with Crippen molar-refractivity contribution < 1.29 is 9.53 Å². The molecule has 0 spiro atoms. The summed E-state index contributed by atoms with van der Waals surface area (Å²) in [6.07, 6.45) is 1.38. The van der Waals surface area contributed by atoms with Crippen molar-refractivity contribution >= 4 is 11.7 Å². The van der Waals surface area contributed by atoms with Crippen LogP contribution < -0.4 is 5.32 Å². The zero-order valence-corrected chi connectivity index (χ0v) is 18.8. The molecule has 1 amide bonds. The molecule has 0 aliphatic heterocycles. The maximum absolute atomic E-state index is 13.0. The van der Waals surface area contributed by atoms with Crippen LogP contribution in [0.15, 0.2) is 109 Å². The fraction of sp³-hybridized carbons (Fsp3) is 0.0690. The summed E-state index contributed by atoms with van der Waals surface area (Å²) in [4.78, 5) is 17.9. The average Bonchev–Trinajstić information content (AvgIpc) is 3.31. The number of carbonyl (C=O) groups excluding carboxylic acids is 1. The summed E-state index contributed by atoms with van der Waals surface area (Å²) < 4.78 is 7.52. The number of hydrogen-bond acceptors (Lipinski definition) is 4. The maximum atomic E-state index is 13.0. The molecule has 1 atom stereocenters. The van der Waals surface area contributed by atoms with Gasteiger partial charge in [0.15, 0.2) is 0 Å². The van der Waals surface area contributed by atoms with E-state index in [-0.39, 0.29) is 6.61 Å². The highest BCUT2D eigenvalue weighted by Crippen LogP contribution is 2.33. The Labute approximate surface area is 203 Å². The SMILES string of the molecule is N#Cc1ccc(C(NC(=O)OCc2ccccc2)c2c(-c3ccccc3)nc3ccccn23)cc1. The fourth-order valence-corrected chi connectivity index (χ4v) is 4.04. The molecular weight excluding hydrogens is 436 g/mol. The molecule has 0 saturated carbocycles. The van der Waals surface area contributed by atoms with E-state index in [0.29, 0.717) is 5.56 Å². The van der Waals surface area contributed by atoms with Gasteiger partial charge in [0.2, 0.25) is 0 Å². The van der Waals surface area contributed by atoms with E-state index in [1.54, 1.807) is 12.1 Å². The second-order valence-corrected chi connectivity index (χ2v) is 8.01. The van der Waals surface area contributed by atoms with E-state index in [1.165, 1.54) is 0 Å². The molecule has 170 valence electrons. The zero-order chi connectivity index (χ0) is 24.0.